The van der Waals surface area contributed by atoms with Gasteiger partial charge >= 0.3 is 17.6 Å². The van der Waals surface area contributed by atoms with Crippen molar-refractivity contribution in [1.29, 1.82) is 0 Å². The number of carboxylic acids is 1. The molecule has 2 aromatic heterocycles. The minimum Gasteiger partial charge on any atom is -0.477 e. The fourth-order valence-electron chi connectivity index (χ4n) is 4.00. The first-order valence-electron chi connectivity index (χ1n) is 12.2. The van der Waals surface area contributed by atoms with E-state index in [4.69, 9.17) is 4.74 Å². The van der Waals surface area contributed by atoms with Crippen LogP contribution in [-0.4, -0.2) is 88.2 Å². The first-order chi connectivity index (χ1) is 18.7. The molecule has 3 heterocycles. The average molecular weight is 537 g/mol. The van der Waals surface area contributed by atoms with Gasteiger partial charge in [0.05, 0.1) is 11.5 Å². The van der Waals surface area contributed by atoms with Crippen LogP contribution < -0.4 is 15.1 Å². The topological polar surface area (TPSA) is 167 Å². The highest BCUT2D eigenvalue weighted by Gasteiger charge is 2.28. The molecule has 14 heteroatoms. The number of carbonyl (C=O) groups excluding carboxylic acids is 1. The maximum absolute atomic E-state index is 12.4. The number of nitrogens with one attached hydrogen (secondary N) is 1. The van der Waals surface area contributed by atoms with E-state index < -0.39 is 29.1 Å². The lowest BCUT2D eigenvalue weighted by molar-refractivity contribution is -0.384. The predicted molar refractivity (Wildman–Crippen MR) is 143 cm³/mol. The number of pyridine rings is 1. The molecule has 0 saturated carbocycles. The van der Waals surface area contributed by atoms with Crippen LogP contribution in [0.1, 0.15) is 17.4 Å². The number of carbonyl (C=O) groups is 2. The SMILES string of the molecule is CCOC(=O)CN(c1cccc(C(=O)O)n1)c1nc(Nc2ccc(N3CCN(C)CC3)cc2)ncc1[N+](=O)[O-]. The second kappa shape index (κ2) is 12.1. The molecule has 0 bridgehead atoms. The fourth-order valence-corrected chi connectivity index (χ4v) is 4.00. The van der Waals surface area contributed by atoms with E-state index in [1.165, 1.54) is 18.2 Å². The van der Waals surface area contributed by atoms with Crippen molar-refractivity contribution in [2.24, 2.45) is 0 Å². The van der Waals surface area contributed by atoms with E-state index in [0.29, 0.717) is 5.69 Å². The number of ether oxygens (including phenoxy) is 1. The van der Waals surface area contributed by atoms with Gasteiger partial charge in [-0.05, 0) is 50.4 Å². The number of benzene rings is 1. The summed E-state index contributed by atoms with van der Waals surface area (Å²) in [6.07, 6.45) is 1.02. The van der Waals surface area contributed by atoms with Crippen LogP contribution in [0.5, 0.6) is 0 Å². The molecule has 1 aliphatic heterocycles. The standard InChI is InChI=1S/C25H28N8O6/c1-3-39-22(34)16-32(21-6-4-5-19(28-21)24(35)36)23-20(33(37)38)15-26-25(29-23)27-17-7-9-18(10-8-17)31-13-11-30(2)12-14-31/h4-10,15H,3,11-14,16H2,1-2H3,(H,35,36)(H,26,27,29). The molecule has 4 rings (SSSR count). The number of esters is 1. The van der Waals surface area contributed by atoms with Crippen LogP contribution in [0.3, 0.4) is 0 Å². The summed E-state index contributed by atoms with van der Waals surface area (Å²) < 4.78 is 5.03. The van der Waals surface area contributed by atoms with E-state index in [9.17, 15) is 24.8 Å². The molecule has 0 spiro atoms. The lowest BCUT2D eigenvalue weighted by Crippen LogP contribution is -2.44. The van der Waals surface area contributed by atoms with Crippen LogP contribution in [0.2, 0.25) is 0 Å². The van der Waals surface area contributed by atoms with Crippen LogP contribution in [0.15, 0.2) is 48.7 Å². The smallest absolute Gasteiger partial charge is 0.354 e. The van der Waals surface area contributed by atoms with Crippen LogP contribution in [0.4, 0.5) is 34.6 Å². The largest absolute Gasteiger partial charge is 0.477 e. The van der Waals surface area contributed by atoms with Crippen molar-refractivity contribution in [1.82, 2.24) is 19.9 Å². The molecule has 1 saturated heterocycles. The zero-order valence-electron chi connectivity index (χ0n) is 21.5. The van der Waals surface area contributed by atoms with Gasteiger partial charge in [0.15, 0.2) is 5.69 Å². The number of piperazine rings is 1. The molecular formula is C25H28N8O6. The van der Waals surface area contributed by atoms with Gasteiger partial charge in [0.1, 0.15) is 18.6 Å². The number of likely N-dealkylation sites (N-methyl/N-ethyl adjacent to an activating group) is 1. The maximum atomic E-state index is 12.4. The Morgan fingerprint density at radius 3 is 2.49 bits per heavy atom. The van der Waals surface area contributed by atoms with E-state index in [0.717, 1.165) is 43.0 Å². The van der Waals surface area contributed by atoms with Gasteiger partial charge in [0, 0.05) is 37.6 Å². The monoisotopic (exact) mass is 536 g/mol. The molecule has 204 valence electrons. The Morgan fingerprint density at radius 2 is 1.85 bits per heavy atom. The van der Waals surface area contributed by atoms with Crippen molar-refractivity contribution in [2.45, 2.75) is 6.92 Å². The number of aromatic carboxylic acids is 1. The quantitative estimate of drug-likeness (QED) is 0.221. The zero-order chi connectivity index (χ0) is 27.9. The Balaban J connectivity index is 1.66. The molecule has 0 aliphatic carbocycles. The fraction of sp³-hybridized carbons (Fsp3) is 0.320. The predicted octanol–water partition coefficient (Wildman–Crippen LogP) is 2.67. The number of aromatic nitrogens is 3. The summed E-state index contributed by atoms with van der Waals surface area (Å²) in [5.41, 5.74) is 0.911. The van der Waals surface area contributed by atoms with Gasteiger partial charge in [-0.25, -0.2) is 14.8 Å². The van der Waals surface area contributed by atoms with Crippen molar-refractivity contribution >= 4 is 46.6 Å². The zero-order valence-corrected chi connectivity index (χ0v) is 21.5. The van der Waals surface area contributed by atoms with Gasteiger partial charge in [0.2, 0.25) is 11.8 Å². The first kappa shape index (κ1) is 27.2. The van der Waals surface area contributed by atoms with Gasteiger partial charge in [-0.2, -0.15) is 4.98 Å². The van der Waals surface area contributed by atoms with Crippen molar-refractivity contribution in [3.05, 3.63) is 64.5 Å². The minimum atomic E-state index is -1.30. The molecular weight excluding hydrogens is 508 g/mol. The van der Waals surface area contributed by atoms with Gasteiger partial charge in [-0.1, -0.05) is 6.07 Å². The molecule has 0 unspecified atom stereocenters. The third-order valence-electron chi connectivity index (χ3n) is 6.02. The van der Waals surface area contributed by atoms with Gasteiger partial charge < -0.3 is 25.0 Å². The van der Waals surface area contributed by atoms with Gasteiger partial charge in [-0.3, -0.25) is 19.8 Å². The number of hydrogen-bond acceptors (Lipinski definition) is 12. The maximum Gasteiger partial charge on any atom is 0.354 e. The van der Waals surface area contributed by atoms with E-state index in [2.05, 4.69) is 37.1 Å². The highest BCUT2D eigenvalue weighted by molar-refractivity contribution is 5.87. The number of anilines is 5. The Morgan fingerprint density at radius 1 is 1.13 bits per heavy atom. The van der Waals surface area contributed by atoms with Crippen LogP contribution >= 0.6 is 0 Å². The summed E-state index contributed by atoms with van der Waals surface area (Å²) in [5.74, 6) is -2.26. The molecule has 3 aromatic rings. The number of nitrogens with zero attached hydrogens (tertiary/aromatic N) is 7. The summed E-state index contributed by atoms with van der Waals surface area (Å²) in [5, 5.41) is 24.3. The summed E-state index contributed by atoms with van der Waals surface area (Å²) in [4.78, 5) is 53.2. The van der Waals surface area contributed by atoms with E-state index >= 15 is 0 Å². The van der Waals surface area contributed by atoms with Crippen molar-refractivity contribution < 1.29 is 24.4 Å². The summed E-state index contributed by atoms with van der Waals surface area (Å²) >= 11 is 0. The molecule has 1 fully saturated rings. The summed E-state index contributed by atoms with van der Waals surface area (Å²) in [6, 6.07) is 11.7. The van der Waals surface area contributed by atoms with Crippen LogP contribution in [0, 0.1) is 10.1 Å². The molecule has 0 atom stereocenters. The van der Waals surface area contributed by atoms with Crippen LogP contribution in [0.25, 0.3) is 0 Å². The number of rotatable bonds is 10. The normalized spacial score (nSPS) is 13.5. The third kappa shape index (κ3) is 6.73. The minimum absolute atomic E-state index is 0.0335. The number of nitro groups is 1. The Labute approximate surface area is 224 Å². The summed E-state index contributed by atoms with van der Waals surface area (Å²) in [6.45, 7) is 5.00. The molecule has 0 amide bonds. The van der Waals surface area contributed by atoms with Gasteiger partial charge in [-0.15, -0.1) is 0 Å². The van der Waals surface area contributed by atoms with Crippen molar-refractivity contribution in [3.63, 3.8) is 0 Å². The second-order valence-corrected chi connectivity index (χ2v) is 8.70. The lowest BCUT2D eigenvalue weighted by Gasteiger charge is -2.34. The molecule has 2 N–H and O–H groups in total. The molecule has 1 aliphatic rings. The van der Waals surface area contributed by atoms with E-state index in [1.54, 1.807) is 6.92 Å². The third-order valence-corrected chi connectivity index (χ3v) is 6.02. The number of hydrogen-bond donors (Lipinski definition) is 2. The Kier molecular flexibility index (Phi) is 8.46. The van der Waals surface area contributed by atoms with Crippen molar-refractivity contribution in [2.75, 3.05) is 61.5 Å². The molecule has 14 nitrogen and oxygen atoms in total. The van der Waals surface area contributed by atoms with Crippen molar-refractivity contribution in [3.8, 4) is 0 Å². The second-order valence-electron chi connectivity index (χ2n) is 8.70. The number of carboxylic acid groups (broad SMARTS) is 1. The first-order valence-corrected chi connectivity index (χ1v) is 12.2. The average Bonchev–Trinajstić information content (AvgIpc) is 2.93. The van der Waals surface area contributed by atoms with Gasteiger partial charge in [0.25, 0.3) is 0 Å². The lowest BCUT2D eigenvalue weighted by atomic mass is 10.2. The van der Waals surface area contributed by atoms with E-state index in [1.807, 2.05) is 24.3 Å². The van der Waals surface area contributed by atoms with E-state index in [-0.39, 0.29) is 29.9 Å². The summed E-state index contributed by atoms with van der Waals surface area (Å²) in [7, 11) is 2.09. The molecule has 39 heavy (non-hydrogen) atoms. The highest BCUT2D eigenvalue weighted by Crippen LogP contribution is 2.32. The Bertz CT molecular complexity index is 1340. The highest BCUT2D eigenvalue weighted by atomic mass is 16.6. The molecule has 0 radical (unpaired) electrons. The van der Waals surface area contributed by atoms with Crippen LogP contribution in [-0.2, 0) is 9.53 Å². The molecule has 1 aromatic carbocycles. The Hall–Kier alpha value is -4.85.